The van der Waals surface area contributed by atoms with Gasteiger partial charge in [-0.25, -0.2) is 9.78 Å². The van der Waals surface area contributed by atoms with E-state index in [2.05, 4.69) is 10.3 Å². The number of thiazole rings is 1. The van der Waals surface area contributed by atoms with Crippen LogP contribution < -0.4 is 5.32 Å². The van der Waals surface area contributed by atoms with E-state index in [0.29, 0.717) is 6.42 Å². The fourth-order valence-corrected chi connectivity index (χ4v) is 2.27. The van der Waals surface area contributed by atoms with Crippen LogP contribution in [0.25, 0.3) is 0 Å². The first kappa shape index (κ1) is 14.6. The zero-order chi connectivity index (χ0) is 13.7. The van der Waals surface area contributed by atoms with Gasteiger partial charge in [-0.3, -0.25) is 4.79 Å². The van der Waals surface area contributed by atoms with Crippen molar-refractivity contribution in [1.29, 1.82) is 0 Å². The van der Waals surface area contributed by atoms with Gasteiger partial charge in [0.2, 0.25) is 5.91 Å². The van der Waals surface area contributed by atoms with Crippen LogP contribution >= 0.6 is 11.3 Å². The molecule has 0 unspecified atom stereocenters. The largest absolute Gasteiger partial charge is 0.480 e. The Bertz CT molecular complexity index is 429. The second-order valence-electron chi connectivity index (χ2n) is 4.51. The number of aryl methyl sites for hydroxylation is 2. The first-order chi connectivity index (χ1) is 8.40. The van der Waals surface area contributed by atoms with Crippen molar-refractivity contribution in [3.8, 4) is 0 Å². The summed E-state index contributed by atoms with van der Waals surface area (Å²) in [5, 5.41) is 14.3. The van der Waals surface area contributed by atoms with Gasteiger partial charge in [-0.1, -0.05) is 13.8 Å². The molecule has 1 aromatic heterocycles. The minimum atomic E-state index is -0.997. The molecule has 0 aromatic carbocycles. The number of rotatable bonds is 6. The monoisotopic (exact) mass is 270 g/mol. The lowest BCUT2D eigenvalue weighted by atomic mass is 10.0. The topological polar surface area (TPSA) is 79.3 Å². The van der Waals surface area contributed by atoms with E-state index in [1.54, 1.807) is 13.8 Å². The minimum absolute atomic E-state index is 0.131. The van der Waals surface area contributed by atoms with Gasteiger partial charge >= 0.3 is 5.97 Å². The zero-order valence-corrected chi connectivity index (χ0v) is 11.6. The molecule has 0 saturated carbocycles. The van der Waals surface area contributed by atoms with E-state index in [4.69, 9.17) is 5.11 Å². The smallest absolute Gasteiger partial charge is 0.326 e. The van der Waals surface area contributed by atoms with E-state index in [1.165, 1.54) is 11.3 Å². The van der Waals surface area contributed by atoms with Crippen molar-refractivity contribution in [1.82, 2.24) is 10.3 Å². The first-order valence-electron chi connectivity index (χ1n) is 5.83. The van der Waals surface area contributed by atoms with Crippen molar-refractivity contribution < 1.29 is 14.7 Å². The molecule has 0 spiro atoms. The molecule has 0 aliphatic rings. The summed E-state index contributed by atoms with van der Waals surface area (Å²) < 4.78 is 0. The van der Waals surface area contributed by atoms with Crippen molar-refractivity contribution in [3.05, 3.63) is 16.1 Å². The second-order valence-corrected chi connectivity index (χ2v) is 5.45. The molecule has 1 amide bonds. The Hall–Kier alpha value is -1.43. The maximum absolute atomic E-state index is 11.6. The normalized spacial score (nSPS) is 12.4. The van der Waals surface area contributed by atoms with Crippen LogP contribution in [-0.2, 0) is 16.0 Å². The molecule has 0 radical (unpaired) electrons. The van der Waals surface area contributed by atoms with E-state index in [0.717, 1.165) is 10.7 Å². The standard InChI is InChI=1S/C12H18N2O3S/c1-7(2)11(12(16)17)14-9(15)4-5-10-13-8(3)6-18-10/h6-7,11H,4-5H2,1-3H3,(H,14,15)(H,16,17)/t11-/m0/s1. The third kappa shape index (κ3) is 4.44. The van der Waals surface area contributed by atoms with E-state index in [-0.39, 0.29) is 18.2 Å². The Kier molecular flexibility index (Phi) is 5.27. The van der Waals surface area contributed by atoms with Gasteiger partial charge in [-0.15, -0.1) is 11.3 Å². The number of carbonyl (C=O) groups is 2. The summed E-state index contributed by atoms with van der Waals surface area (Å²) >= 11 is 1.52. The number of amides is 1. The molecule has 0 saturated heterocycles. The number of carboxylic acids is 1. The van der Waals surface area contributed by atoms with Gasteiger partial charge in [-0.2, -0.15) is 0 Å². The summed E-state index contributed by atoms with van der Waals surface area (Å²) in [6, 6.07) is -0.824. The van der Waals surface area contributed by atoms with Crippen LogP contribution in [0.5, 0.6) is 0 Å². The van der Waals surface area contributed by atoms with Crippen LogP contribution in [-0.4, -0.2) is 28.0 Å². The van der Waals surface area contributed by atoms with Crippen LogP contribution in [0.2, 0.25) is 0 Å². The lowest BCUT2D eigenvalue weighted by Crippen LogP contribution is -2.44. The van der Waals surface area contributed by atoms with Crippen LogP contribution in [0.1, 0.15) is 31.0 Å². The van der Waals surface area contributed by atoms with Gasteiger partial charge in [0, 0.05) is 23.9 Å². The first-order valence-corrected chi connectivity index (χ1v) is 6.71. The van der Waals surface area contributed by atoms with Gasteiger partial charge in [-0.05, 0) is 12.8 Å². The molecule has 6 heteroatoms. The van der Waals surface area contributed by atoms with Crippen LogP contribution in [0.3, 0.4) is 0 Å². The fourth-order valence-electron chi connectivity index (χ4n) is 1.50. The number of aromatic nitrogens is 1. The van der Waals surface area contributed by atoms with Crippen LogP contribution in [0.4, 0.5) is 0 Å². The zero-order valence-electron chi connectivity index (χ0n) is 10.8. The minimum Gasteiger partial charge on any atom is -0.480 e. The molecular formula is C12H18N2O3S. The Morgan fingerprint density at radius 1 is 1.50 bits per heavy atom. The van der Waals surface area contributed by atoms with E-state index in [9.17, 15) is 9.59 Å². The number of hydrogen-bond acceptors (Lipinski definition) is 4. The molecule has 100 valence electrons. The summed E-state index contributed by atoms with van der Waals surface area (Å²) in [5.74, 6) is -1.37. The molecular weight excluding hydrogens is 252 g/mol. The summed E-state index contributed by atoms with van der Waals surface area (Å²) in [6.07, 6.45) is 0.818. The quantitative estimate of drug-likeness (QED) is 0.823. The lowest BCUT2D eigenvalue weighted by molar-refractivity contribution is -0.143. The molecule has 0 aliphatic heterocycles. The highest BCUT2D eigenvalue weighted by Crippen LogP contribution is 2.11. The third-order valence-electron chi connectivity index (χ3n) is 2.48. The van der Waals surface area contributed by atoms with Gasteiger partial charge < -0.3 is 10.4 Å². The lowest BCUT2D eigenvalue weighted by Gasteiger charge is -2.17. The van der Waals surface area contributed by atoms with Crippen molar-refractivity contribution in [2.75, 3.05) is 0 Å². The Morgan fingerprint density at radius 3 is 2.61 bits per heavy atom. The number of aliphatic carboxylic acids is 1. The number of nitrogens with one attached hydrogen (secondary N) is 1. The predicted octanol–water partition coefficient (Wildman–Crippen LogP) is 1.61. The molecule has 1 atom stereocenters. The summed E-state index contributed by atoms with van der Waals surface area (Å²) in [4.78, 5) is 26.8. The van der Waals surface area contributed by atoms with Crippen LogP contribution in [0, 0.1) is 12.8 Å². The van der Waals surface area contributed by atoms with E-state index < -0.39 is 12.0 Å². The Balaban J connectivity index is 2.43. The number of carboxylic acid groups (broad SMARTS) is 1. The van der Waals surface area contributed by atoms with Crippen molar-refractivity contribution in [2.45, 2.75) is 39.7 Å². The van der Waals surface area contributed by atoms with Gasteiger partial charge in [0.05, 0.1) is 5.01 Å². The Morgan fingerprint density at radius 2 is 2.17 bits per heavy atom. The summed E-state index contributed by atoms with van der Waals surface area (Å²) in [5.41, 5.74) is 0.945. The third-order valence-corrected chi connectivity index (χ3v) is 3.51. The van der Waals surface area contributed by atoms with Crippen molar-refractivity contribution in [3.63, 3.8) is 0 Å². The molecule has 2 N–H and O–H groups in total. The maximum Gasteiger partial charge on any atom is 0.326 e. The molecule has 0 bridgehead atoms. The summed E-state index contributed by atoms with van der Waals surface area (Å²) in [7, 11) is 0. The molecule has 1 heterocycles. The number of hydrogen-bond donors (Lipinski definition) is 2. The van der Waals surface area contributed by atoms with Crippen molar-refractivity contribution in [2.24, 2.45) is 5.92 Å². The fraction of sp³-hybridized carbons (Fsp3) is 0.583. The highest BCUT2D eigenvalue weighted by molar-refractivity contribution is 7.09. The van der Waals surface area contributed by atoms with Gasteiger partial charge in [0.25, 0.3) is 0 Å². The van der Waals surface area contributed by atoms with E-state index in [1.807, 2.05) is 12.3 Å². The number of carbonyl (C=O) groups excluding carboxylic acids is 1. The predicted molar refractivity (Wildman–Crippen MR) is 69.6 cm³/mol. The molecule has 5 nitrogen and oxygen atoms in total. The summed E-state index contributed by atoms with van der Waals surface area (Å²) in [6.45, 7) is 5.44. The van der Waals surface area contributed by atoms with Gasteiger partial charge in [0.1, 0.15) is 6.04 Å². The Labute approximate surface area is 110 Å². The van der Waals surface area contributed by atoms with Crippen LogP contribution in [0.15, 0.2) is 5.38 Å². The van der Waals surface area contributed by atoms with Crippen molar-refractivity contribution >= 4 is 23.2 Å². The molecule has 18 heavy (non-hydrogen) atoms. The SMILES string of the molecule is Cc1csc(CCC(=O)N[C@H](C(=O)O)C(C)C)n1. The molecule has 1 rings (SSSR count). The highest BCUT2D eigenvalue weighted by atomic mass is 32.1. The van der Waals surface area contributed by atoms with Gasteiger partial charge in [0.15, 0.2) is 0 Å². The molecule has 0 fully saturated rings. The second kappa shape index (κ2) is 6.49. The average Bonchev–Trinajstić information content (AvgIpc) is 2.68. The molecule has 1 aromatic rings. The molecule has 0 aliphatic carbocycles. The number of nitrogens with zero attached hydrogens (tertiary/aromatic N) is 1. The average molecular weight is 270 g/mol. The highest BCUT2D eigenvalue weighted by Gasteiger charge is 2.23. The van der Waals surface area contributed by atoms with E-state index >= 15 is 0 Å². The maximum atomic E-state index is 11.6.